The SMILES string of the molecule is CC(C)CNc1cnn(Cc2cncc(Br)c2)c(=O)c1. The van der Waals surface area contributed by atoms with Crippen LogP contribution in [-0.4, -0.2) is 21.3 Å². The molecule has 0 radical (unpaired) electrons. The van der Waals surface area contributed by atoms with Crippen molar-refractivity contribution < 1.29 is 0 Å². The Kier molecular flexibility index (Phi) is 4.89. The second-order valence-corrected chi connectivity index (χ2v) is 5.94. The minimum absolute atomic E-state index is 0.126. The van der Waals surface area contributed by atoms with Crippen molar-refractivity contribution >= 4 is 21.6 Å². The van der Waals surface area contributed by atoms with Crippen molar-refractivity contribution in [2.45, 2.75) is 20.4 Å². The number of nitrogens with zero attached hydrogens (tertiary/aromatic N) is 3. The van der Waals surface area contributed by atoms with E-state index < -0.39 is 0 Å². The molecule has 1 N–H and O–H groups in total. The molecule has 0 fully saturated rings. The first kappa shape index (κ1) is 14.7. The number of hydrogen-bond acceptors (Lipinski definition) is 4. The van der Waals surface area contributed by atoms with Crippen molar-refractivity contribution in [3.8, 4) is 0 Å². The molecule has 0 atom stereocenters. The van der Waals surface area contributed by atoms with Crippen molar-refractivity contribution in [2.24, 2.45) is 5.92 Å². The summed E-state index contributed by atoms with van der Waals surface area (Å²) in [5.41, 5.74) is 1.56. The maximum Gasteiger partial charge on any atom is 0.269 e. The highest BCUT2D eigenvalue weighted by Gasteiger charge is 2.03. The highest BCUT2D eigenvalue weighted by atomic mass is 79.9. The standard InChI is InChI=1S/C14H17BrN4O/c1-10(2)5-17-13-4-14(20)19(18-8-13)9-11-3-12(15)7-16-6-11/h3-4,6-8,10,17H,5,9H2,1-2H3. The molecule has 2 heterocycles. The average molecular weight is 337 g/mol. The third-order valence-electron chi connectivity index (χ3n) is 2.68. The molecule has 20 heavy (non-hydrogen) atoms. The van der Waals surface area contributed by atoms with Crippen LogP contribution in [0.3, 0.4) is 0 Å². The molecular formula is C14H17BrN4O. The zero-order chi connectivity index (χ0) is 14.5. The number of halogens is 1. The maximum atomic E-state index is 12.0. The van der Waals surface area contributed by atoms with Crippen LogP contribution in [0.4, 0.5) is 5.69 Å². The Hall–Kier alpha value is -1.69. The molecule has 0 spiro atoms. The first-order valence-corrected chi connectivity index (χ1v) is 7.24. The fourth-order valence-electron chi connectivity index (χ4n) is 1.69. The van der Waals surface area contributed by atoms with E-state index in [9.17, 15) is 4.79 Å². The first-order valence-electron chi connectivity index (χ1n) is 6.45. The van der Waals surface area contributed by atoms with Crippen LogP contribution in [-0.2, 0) is 6.54 Å². The molecule has 0 aliphatic rings. The van der Waals surface area contributed by atoms with Crippen LogP contribution in [0.25, 0.3) is 0 Å². The highest BCUT2D eigenvalue weighted by molar-refractivity contribution is 9.10. The smallest absolute Gasteiger partial charge is 0.269 e. The van der Waals surface area contributed by atoms with Gasteiger partial charge in [-0.25, -0.2) is 4.68 Å². The van der Waals surface area contributed by atoms with Gasteiger partial charge in [0, 0.05) is 29.5 Å². The Balaban J connectivity index is 2.12. The summed E-state index contributed by atoms with van der Waals surface area (Å²) in [5.74, 6) is 0.519. The molecule has 2 aromatic heterocycles. The van der Waals surface area contributed by atoms with Crippen LogP contribution in [0, 0.1) is 5.92 Å². The van der Waals surface area contributed by atoms with Crippen LogP contribution in [0.15, 0.2) is 40.0 Å². The van der Waals surface area contributed by atoms with E-state index in [1.165, 1.54) is 4.68 Å². The second-order valence-electron chi connectivity index (χ2n) is 5.03. The van der Waals surface area contributed by atoms with E-state index in [2.05, 4.69) is 45.2 Å². The fourth-order valence-corrected chi connectivity index (χ4v) is 2.10. The Labute approximate surface area is 126 Å². The van der Waals surface area contributed by atoms with Crippen LogP contribution < -0.4 is 10.9 Å². The van der Waals surface area contributed by atoms with E-state index in [-0.39, 0.29) is 5.56 Å². The summed E-state index contributed by atoms with van der Waals surface area (Å²) in [6, 6.07) is 3.49. The average Bonchev–Trinajstić information content (AvgIpc) is 2.39. The van der Waals surface area contributed by atoms with Crippen molar-refractivity contribution in [3.05, 3.63) is 51.1 Å². The number of anilines is 1. The maximum absolute atomic E-state index is 12.0. The summed E-state index contributed by atoms with van der Waals surface area (Å²) in [6.45, 7) is 5.46. The molecule has 0 bridgehead atoms. The van der Waals surface area contributed by atoms with Gasteiger partial charge in [-0.2, -0.15) is 5.10 Å². The van der Waals surface area contributed by atoms with Crippen LogP contribution in [0.5, 0.6) is 0 Å². The topological polar surface area (TPSA) is 59.8 Å². The molecule has 0 aliphatic carbocycles. The molecule has 0 saturated carbocycles. The Morgan fingerprint density at radius 2 is 2.10 bits per heavy atom. The lowest BCUT2D eigenvalue weighted by Crippen LogP contribution is -2.23. The molecule has 2 rings (SSSR count). The first-order chi connectivity index (χ1) is 9.54. The molecule has 6 heteroatoms. The zero-order valence-electron chi connectivity index (χ0n) is 11.5. The van der Waals surface area contributed by atoms with Gasteiger partial charge in [0.05, 0.1) is 18.4 Å². The Bertz CT molecular complexity index is 639. The summed E-state index contributed by atoms with van der Waals surface area (Å²) in [6.07, 6.45) is 5.11. The lowest BCUT2D eigenvalue weighted by Gasteiger charge is -2.09. The van der Waals surface area contributed by atoms with Crippen LogP contribution in [0.2, 0.25) is 0 Å². The van der Waals surface area contributed by atoms with Crippen LogP contribution in [0.1, 0.15) is 19.4 Å². The predicted molar refractivity (Wildman–Crippen MR) is 82.9 cm³/mol. The molecule has 0 unspecified atom stereocenters. The van der Waals surface area contributed by atoms with E-state index in [4.69, 9.17) is 0 Å². The summed E-state index contributed by atoms with van der Waals surface area (Å²) in [4.78, 5) is 16.1. The second kappa shape index (κ2) is 6.65. The fraction of sp³-hybridized carbons (Fsp3) is 0.357. The number of rotatable bonds is 5. The van der Waals surface area contributed by atoms with E-state index in [1.54, 1.807) is 24.7 Å². The molecule has 0 aromatic carbocycles. The Morgan fingerprint density at radius 3 is 2.75 bits per heavy atom. The number of nitrogens with one attached hydrogen (secondary N) is 1. The molecule has 2 aromatic rings. The number of pyridine rings is 1. The number of hydrogen-bond donors (Lipinski definition) is 1. The molecule has 0 amide bonds. The van der Waals surface area contributed by atoms with Crippen molar-refractivity contribution in [1.82, 2.24) is 14.8 Å². The van der Waals surface area contributed by atoms with Gasteiger partial charge in [0.2, 0.25) is 0 Å². The summed E-state index contributed by atoms with van der Waals surface area (Å²) >= 11 is 3.36. The van der Waals surface area contributed by atoms with Crippen molar-refractivity contribution in [3.63, 3.8) is 0 Å². The van der Waals surface area contributed by atoms with E-state index in [1.807, 2.05) is 6.07 Å². The van der Waals surface area contributed by atoms with Gasteiger partial charge in [0.1, 0.15) is 0 Å². The summed E-state index contributed by atoms with van der Waals surface area (Å²) < 4.78 is 2.31. The number of aromatic nitrogens is 3. The van der Waals surface area contributed by atoms with Gasteiger partial charge in [0.15, 0.2) is 0 Å². The highest BCUT2D eigenvalue weighted by Crippen LogP contribution is 2.10. The summed E-state index contributed by atoms with van der Waals surface area (Å²) in [5, 5.41) is 7.37. The lowest BCUT2D eigenvalue weighted by molar-refractivity contribution is 0.635. The van der Waals surface area contributed by atoms with Gasteiger partial charge >= 0.3 is 0 Å². The predicted octanol–water partition coefficient (Wildman–Crippen LogP) is 2.52. The van der Waals surface area contributed by atoms with Crippen molar-refractivity contribution in [1.29, 1.82) is 0 Å². The van der Waals surface area contributed by atoms with Crippen LogP contribution >= 0.6 is 15.9 Å². The molecule has 0 aliphatic heterocycles. The van der Waals surface area contributed by atoms with E-state index in [0.717, 1.165) is 22.3 Å². The van der Waals surface area contributed by atoms with Gasteiger partial charge in [-0.1, -0.05) is 13.8 Å². The molecule has 5 nitrogen and oxygen atoms in total. The van der Waals surface area contributed by atoms with Gasteiger partial charge < -0.3 is 5.32 Å². The molecule has 106 valence electrons. The quantitative estimate of drug-likeness (QED) is 0.911. The third kappa shape index (κ3) is 4.16. The van der Waals surface area contributed by atoms with E-state index in [0.29, 0.717) is 12.5 Å². The van der Waals surface area contributed by atoms with Gasteiger partial charge in [-0.05, 0) is 33.5 Å². The Morgan fingerprint density at radius 1 is 1.30 bits per heavy atom. The zero-order valence-corrected chi connectivity index (χ0v) is 13.1. The normalized spacial score (nSPS) is 10.8. The minimum Gasteiger partial charge on any atom is -0.383 e. The summed E-state index contributed by atoms with van der Waals surface area (Å²) in [7, 11) is 0. The van der Waals surface area contributed by atoms with E-state index >= 15 is 0 Å². The van der Waals surface area contributed by atoms with Crippen molar-refractivity contribution in [2.75, 3.05) is 11.9 Å². The molecular weight excluding hydrogens is 320 g/mol. The van der Waals surface area contributed by atoms with Gasteiger partial charge in [-0.3, -0.25) is 9.78 Å². The third-order valence-corrected chi connectivity index (χ3v) is 3.11. The monoisotopic (exact) mass is 336 g/mol. The minimum atomic E-state index is -0.126. The van der Waals surface area contributed by atoms with Gasteiger partial charge in [-0.15, -0.1) is 0 Å². The molecule has 0 saturated heterocycles. The largest absolute Gasteiger partial charge is 0.383 e. The van der Waals surface area contributed by atoms with Gasteiger partial charge in [0.25, 0.3) is 5.56 Å². The lowest BCUT2D eigenvalue weighted by atomic mass is 10.2.